The van der Waals surface area contributed by atoms with Gasteiger partial charge < -0.3 is 0 Å². The highest BCUT2D eigenvalue weighted by atomic mass is 32.2. The number of carbonyl (C=O) groups excluding carboxylic acids is 2. The Morgan fingerprint density at radius 3 is 1.38 bits per heavy atom. The van der Waals surface area contributed by atoms with Gasteiger partial charge in [0.15, 0.2) is 10.2 Å². The van der Waals surface area contributed by atoms with Gasteiger partial charge in [0.2, 0.25) is 0 Å². The Hall–Kier alpha value is -2.08. The lowest BCUT2D eigenvalue weighted by atomic mass is 9.98. The van der Waals surface area contributed by atoms with Crippen LogP contribution >= 0.6 is 23.5 Å². The maximum atomic E-state index is 11.4. The zero-order chi connectivity index (χ0) is 23.3. The molecule has 0 saturated heterocycles. The van der Waals surface area contributed by atoms with E-state index in [1.165, 1.54) is 39.8 Å². The second kappa shape index (κ2) is 10.7. The Balaban J connectivity index is 1.87. The van der Waals surface area contributed by atoms with E-state index in [0.29, 0.717) is 11.5 Å². The highest BCUT2D eigenvalue weighted by Crippen LogP contribution is 2.29. The van der Waals surface area contributed by atoms with Crippen LogP contribution in [0.25, 0.3) is 22.3 Å². The molecule has 0 heterocycles. The molecule has 2 nitrogen and oxygen atoms in total. The molecule has 0 N–H and O–H groups in total. The van der Waals surface area contributed by atoms with Crippen molar-refractivity contribution in [3.63, 3.8) is 0 Å². The summed E-state index contributed by atoms with van der Waals surface area (Å²) < 4.78 is 0. The molecular formula is C27H30O2S2Si. The Kier molecular flexibility index (Phi) is 8.20. The smallest absolute Gasteiger partial charge is 0.186 e. The van der Waals surface area contributed by atoms with Crippen LogP contribution in [0.4, 0.5) is 0 Å². The van der Waals surface area contributed by atoms with Gasteiger partial charge in [0, 0.05) is 25.4 Å². The van der Waals surface area contributed by atoms with E-state index in [9.17, 15) is 9.59 Å². The Morgan fingerprint density at radius 2 is 1.00 bits per heavy atom. The highest BCUT2D eigenvalue weighted by molar-refractivity contribution is 8.13. The summed E-state index contributed by atoms with van der Waals surface area (Å²) >= 11 is 2.63. The summed E-state index contributed by atoms with van der Waals surface area (Å²) in [6, 6.07) is 24.0. The van der Waals surface area contributed by atoms with Gasteiger partial charge in [-0.2, -0.15) is 0 Å². The summed E-state index contributed by atoms with van der Waals surface area (Å²) in [5.41, 5.74) is 6.89. The molecule has 0 atom stereocenters. The van der Waals surface area contributed by atoms with E-state index in [2.05, 4.69) is 86.4 Å². The van der Waals surface area contributed by atoms with Crippen LogP contribution in [0.3, 0.4) is 0 Å². The third-order valence-corrected chi connectivity index (χ3v) is 9.07. The van der Waals surface area contributed by atoms with Gasteiger partial charge in [-0.3, -0.25) is 9.59 Å². The molecule has 32 heavy (non-hydrogen) atoms. The summed E-state index contributed by atoms with van der Waals surface area (Å²) in [7, 11) is -1.29. The maximum absolute atomic E-state index is 11.4. The molecule has 0 fully saturated rings. The predicted molar refractivity (Wildman–Crippen MR) is 144 cm³/mol. The molecule has 0 aliphatic rings. The second-order valence-corrected chi connectivity index (χ2v) is 16.4. The Labute approximate surface area is 201 Å². The summed E-state index contributed by atoms with van der Waals surface area (Å²) in [6.45, 7) is 10.3. The fourth-order valence-corrected chi connectivity index (χ4v) is 5.72. The molecule has 166 valence electrons. The largest absolute Gasteiger partial charge is 0.288 e. The minimum absolute atomic E-state index is 0.111. The fourth-order valence-electron chi connectivity index (χ4n) is 3.48. The second-order valence-electron chi connectivity index (χ2n) is 9.00. The van der Waals surface area contributed by atoms with Gasteiger partial charge in [-0.1, -0.05) is 115 Å². The average Bonchev–Trinajstić information content (AvgIpc) is 2.76. The van der Waals surface area contributed by atoms with Gasteiger partial charge in [0.1, 0.15) is 0 Å². The molecule has 0 radical (unpaired) electrons. The lowest BCUT2D eigenvalue weighted by Crippen LogP contribution is -2.37. The quantitative estimate of drug-likeness (QED) is 0.338. The van der Waals surface area contributed by atoms with Crippen molar-refractivity contribution in [1.29, 1.82) is 0 Å². The third-order valence-electron chi connectivity index (χ3n) is 5.24. The summed E-state index contributed by atoms with van der Waals surface area (Å²) in [5.74, 6) is 1.28. The lowest BCUT2D eigenvalue weighted by Gasteiger charge is -2.17. The molecule has 0 spiro atoms. The molecule has 0 unspecified atom stereocenters. The van der Waals surface area contributed by atoms with Gasteiger partial charge in [-0.05, 0) is 33.4 Å². The van der Waals surface area contributed by atoms with Crippen LogP contribution in [0.1, 0.15) is 25.0 Å². The zero-order valence-electron chi connectivity index (χ0n) is 19.4. The van der Waals surface area contributed by atoms with Crippen LogP contribution in [-0.2, 0) is 21.1 Å². The fraction of sp³-hybridized carbons (Fsp3) is 0.259. The van der Waals surface area contributed by atoms with Crippen LogP contribution in [0.2, 0.25) is 19.6 Å². The van der Waals surface area contributed by atoms with E-state index < -0.39 is 8.07 Å². The minimum atomic E-state index is -1.29. The Bertz CT molecular complexity index is 1060. The SMILES string of the molecule is CC(=O)SCc1cc(CSC(C)=O)cc(-c2ccc(-c3ccc([Si](C)(C)C)cc3)cc2)c1. The monoisotopic (exact) mass is 478 g/mol. The van der Waals surface area contributed by atoms with Crippen molar-refractivity contribution in [2.24, 2.45) is 0 Å². The van der Waals surface area contributed by atoms with Gasteiger partial charge in [0.05, 0.1) is 8.07 Å². The van der Waals surface area contributed by atoms with Crippen molar-refractivity contribution in [1.82, 2.24) is 0 Å². The third kappa shape index (κ3) is 6.96. The molecule has 3 aromatic carbocycles. The average molecular weight is 479 g/mol. The van der Waals surface area contributed by atoms with Crippen LogP contribution in [0.5, 0.6) is 0 Å². The van der Waals surface area contributed by atoms with E-state index in [1.807, 2.05) is 0 Å². The highest BCUT2D eigenvalue weighted by Gasteiger charge is 2.15. The molecule has 5 heteroatoms. The van der Waals surface area contributed by atoms with Crippen molar-refractivity contribution < 1.29 is 9.59 Å². The van der Waals surface area contributed by atoms with E-state index in [0.717, 1.165) is 22.3 Å². The van der Waals surface area contributed by atoms with Gasteiger partial charge in [0.25, 0.3) is 0 Å². The molecular weight excluding hydrogens is 449 g/mol. The number of rotatable bonds is 7. The van der Waals surface area contributed by atoms with Crippen molar-refractivity contribution >= 4 is 47.0 Å². The van der Waals surface area contributed by atoms with Crippen LogP contribution in [0, 0.1) is 0 Å². The molecule has 3 rings (SSSR count). The minimum Gasteiger partial charge on any atom is -0.288 e. The maximum Gasteiger partial charge on any atom is 0.186 e. The van der Waals surface area contributed by atoms with Gasteiger partial charge in [-0.15, -0.1) is 0 Å². The Morgan fingerprint density at radius 1 is 0.625 bits per heavy atom. The predicted octanol–water partition coefficient (Wildman–Crippen LogP) is 7.13. The zero-order valence-corrected chi connectivity index (χ0v) is 22.0. The number of hydrogen-bond acceptors (Lipinski definition) is 4. The number of thioether (sulfide) groups is 2. The molecule has 0 aromatic heterocycles. The van der Waals surface area contributed by atoms with Gasteiger partial charge in [-0.25, -0.2) is 0 Å². The molecule has 3 aromatic rings. The van der Waals surface area contributed by atoms with Gasteiger partial charge >= 0.3 is 0 Å². The van der Waals surface area contributed by atoms with E-state index in [-0.39, 0.29) is 10.2 Å². The first-order valence-corrected chi connectivity index (χ1v) is 16.2. The van der Waals surface area contributed by atoms with E-state index in [1.54, 1.807) is 13.8 Å². The van der Waals surface area contributed by atoms with E-state index >= 15 is 0 Å². The van der Waals surface area contributed by atoms with Crippen LogP contribution in [0.15, 0.2) is 66.7 Å². The number of benzene rings is 3. The first kappa shape index (κ1) is 24.6. The lowest BCUT2D eigenvalue weighted by molar-refractivity contribution is -0.109. The van der Waals surface area contributed by atoms with Crippen molar-refractivity contribution in [3.05, 3.63) is 77.9 Å². The molecule has 0 amide bonds. The van der Waals surface area contributed by atoms with Crippen molar-refractivity contribution in [3.8, 4) is 22.3 Å². The summed E-state index contributed by atoms with van der Waals surface area (Å²) in [4.78, 5) is 22.9. The van der Waals surface area contributed by atoms with Crippen molar-refractivity contribution in [2.75, 3.05) is 0 Å². The standard InChI is InChI=1S/C27H30O2S2Si/c1-19(28)30-17-21-14-22(18-31-20(2)29)16-26(15-21)25-8-6-23(7-9-25)24-10-12-27(13-11-24)32(3,4)5/h6-16H,17-18H2,1-5H3. The molecule has 0 aliphatic heterocycles. The molecule has 0 bridgehead atoms. The summed E-state index contributed by atoms with van der Waals surface area (Å²) in [6.07, 6.45) is 0. The topological polar surface area (TPSA) is 34.1 Å². The molecule has 0 saturated carbocycles. The van der Waals surface area contributed by atoms with E-state index in [4.69, 9.17) is 0 Å². The number of carbonyl (C=O) groups is 2. The first-order valence-electron chi connectivity index (χ1n) is 10.7. The molecule has 0 aliphatic carbocycles. The van der Waals surface area contributed by atoms with Crippen LogP contribution < -0.4 is 5.19 Å². The normalized spacial score (nSPS) is 11.4. The number of hydrogen-bond donors (Lipinski definition) is 0. The first-order chi connectivity index (χ1) is 15.1. The van der Waals surface area contributed by atoms with Crippen molar-refractivity contribution in [2.45, 2.75) is 45.0 Å². The summed E-state index contributed by atoms with van der Waals surface area (Å²) in [5, 5.41) is 1.69. The van der Waals surface area contributed by atoms with Crippen LogP contribution in [-0.4, -0.2) is 18.3 Å².